The standard InChI is InChI=1S/C71H125NO10/c1-4-7-10-13-16-19-22-25-27-29-30-31-32-33-34-35-37-38-40-43-46-49-52-55-58-64(75)70(79)72-62(63(74)57-54-51-48-45-42-24-21-18-15-12-9-6-3)61-80-71-69(68(78)67(77)65(60-73)81-71)82-66(76)59-56-53-50-47-44-41-39-36-28-26-23-20-17-14-11-8-5-2/h8,11,14,17,20,23,26,28,36,39,41,44,54,57,62-65,67-69,71,73-75,77-78H,4-7,9-10,12-13,15-16,18-19,21-22,24-25,27,29-35,37-38,40,42-43,45-53,55-56,58-61H2,1-3H3,(H,72,79)/b11-8-,17-14+,23-20+,28-26-,39-36+,44-41+,57-54+. The number of nitrogens with one attached hydrogen (secondary N) is 1. The van der Waals surface area contributed by atoms with E-state index < -0.39 is 67.4 Å². The minimum atomic E-state index is -1.64. The van der Waals surface area contributed by atoms with Gasteiger partial charge in [-0.1, -0.05) is 324 Å². The second-order valence-corrected chi connectivity index (χ2v) is 23.3. The van der Waals surface area contributed by atoms with Gasteiger partial charge in [-0.25, -0.2) is 0 Å². The van der Waals surface area contributed by atoms with Gasteiger partial charge in [0.25, 0.3) is 0 Å². The van der Waals surface area contributed by atoms with Gasteiger partial charge in [0, 0.05) is 6.42 Å². The zero-order valence-electron chi connectivity index (χ0n) is 52.6. The van der Waals surface area contributed by atoms with Crippen molar-refractivity contribution >= 4 is 11.9 Å². The first-order chi connectivity index (χ1) is 40.2. The monoisotopic (exact) mass is 1150 g/mol. The lowest BCUT2D eigenvalue weighted by Gasteiger charge is -2.41. The van der Waals surface area contributed by atoms with Gasteiger partial charge in [-0.15, -0.1) is 0 Å². The highest BCUT2D eigenvalue weighted by atomic mass is 16.7. The van der Waals surface area contributed by atoms with Crippen LogP contribution in [0, 0.1) is 0 Å². The van der Waals surface area contributed by atoms with E-state index in [1.54, 1.807) is 6.08 Å². The Bertz CT molecular complexity index is 1660. The Morgan fingerprint density at radius 1 is 0.488 bits per heavy atom. The molecule has 1 fully saturated rings. The molecular formula is C71H125NO10. The number of carbonyl (C=O) groups is 2. The normalized spacial score (nSPS) is 19.1. The summed E-state index contributed by atoms with van der Waals surface area (Å²) in [4.78, 5) is 26.6. The fraction of sp³-hybridized carbons (Fsp3) is 0.775. The van der Waals surface area contributed by atoms with E-state index in [0.717, 1.165) is 64.2 Å². The van der Waals surface area contributed by atoms with Crippen LogP contribution in [0.3, 0.4) is 0 Å². The molecule has 0 aromatic heterocycles. The van der Waals surface area contributed by atoms with Crippen molar-refractivity contribution in [1.29, 1.82) is 0 Å². The highest BCUT2D eigenvalue weighted by Crippen LogP contribution is 2.26. The van der Waals surface area contributed by atoms with E-state index in [1.807, 2.05) is 66.8 Å². The molecule has 1 amide bonds. The van der Waals surface area contributed by atoms with E-state index in [4.69, 9.17) is 14.2 Å². The van der Waals surface area contributed by atoms with Crippen LogP contribution in [0.4, 0.5) is 0 Å². The molecule has 0 aromatic carbocycles. The fourth-order valence-electron chi connectivity index (χ4n) is 10.4. The van der Waals surface area contributed by atoms with E-state index in [-0.39, 0.29) is 19.4 Å². The maximum absolute atomic E-state index is 13.5. The van der Waals surface area contributed by atoms with Crippen LogP contribution in [0.5, 0.6) is 0 Å². The summed E-state index contributed by atoms with van der Waals surface area (Å²) in [6.45, 7) is 5.64. The molecule has 1 rings (SSSR count). The second kappa shape index (κ2) is 58.2. The number of esters is 1. The molecular weight excluding hydrogens is 1030 g/mol. The zero-order valence-corrected chi connectivity index (χ0v) is 52.6. The number of allylic oxidation sites excluding steroid dienone is 13. The van der Waals surface area contributed by atoms with Crippen molar-refractivity contribution in [3.05, 3.63) is 85.1 Å². The van der Waals surface area contributed by atoms with Gasteiger partial charge in [0.05, 0.1) is 25.4 Å². The van der Waals surface area contributed by atoms with Crippen LogP contribution < -0.4 is 5.32 Å². The van der Waals surface area contributed by atoms with E-state index in [9.17, 15) is 35.1 Å². The number of unbranched alkanes of at least 4 members (excludes halogenated alkanes) is 36. The molecule has 0 saturated carbocycles. The lowest BCUT2D eigenvalue weighted by molar-refractivity contribution is -0.305. The van der Waals surface area contributed by atoms with Crippen LogP contribution in [-0.4, -0.2) is 99.6 Å². The minimum absolute atomic E-state index is 0.0697. The minimum Gasteiger partial charge on any atom is -0.454 e. The maximum atomic E-state index is 13.5. The maximum Gasteiger partial charge on any atom is 0.306 e. The number of hydrogen-bond acceptors (Lipinski definition) is 10. The second-order valence-electron chi connectivity index (χ2n) is 23.3. The van der Waals surface area contributed by atoms with Crippen LogP contribution in [-0.2, 0) is 23.8 Å². The van der Waals surface area contributed by atoms with Gasteiger partial charge in [-0.3, -0.25) is 9.59 Å². The first-order valence-electron chi connectivity index (χ1n) is 33.9. The Hall–Kier alpha value is -3.16. The van der Waals surface area contributed by atoms with Crippen LogP contribution in [0.1, 0.15) is 290 Å². The molecule has 11 heteroatoms. The summed E-state index contributed by atoms with van der Waals surface area (Å²) in [6, 6.07) is -1.04. The lowest BCUT2D eigenvalue weighted by Crippen LogP contribution is -2.61. The quantitative estimate of drug-likeness (QED) is 0.0149. The third kappa shape index (κ3) is 45.2. The Balaban J connectivity index is 2.61. The average molecular weight is 1150 g/mol. The van der Waals surface area contributed by atoms with Gasteiger partial charge in [0.1, 0.15) is 24.4 Å². The predicted molar refractivity (Wildman–Crippen MR) is 342 cm³/mol. The highest BCUT2D eigenvalue weighted by Gasteiger charge is 2.47. The number of rotatable bonds is 57. The molecule has 82 heavy (non-hydrogen) atoms. The van der Waals surface area contributed by atoms with Crippen molar-refractivity contribution in [1.82, 2.24) is 5.32 Å². The van der Waals surface area contributed by atoms with Crippen molar-refractivity contribution in [3.8, 4) is 0 Å². The largest absolute Gasteiger partial charge is 0.454 e. The number of aliphatic hydroxyl groups excluding tert-OH is 5. The summed E-state index contributed by atoms with van der Waals surface area (Å²) in [5.74, 6) is -1.24. The van der Waals surface area contributed by atoms with E-state index in [2.05, 4.69) is 38.2 Å². The molecule has 1 aliphatic heterocycles. The number of amides is 1. The van der Waals surface area contributed by atoms with Crippen molar-refractivity contribution < 1.29 is 49.3 Å². The molecule has 11 nitrogen and oxygen atoms in total. The summed E-state index contributed by atoms with van der Waals surface area (Å²) >= 11 is 0. The average Bonchev–Trinajstić information content (AvgIpc) is 3.60. The molecule has 0 aliphatic carbocycles. The van der Waals surface area contributed by atoms with Crippen LogP contribution >= 0.6 is 0 Å². The number of carbonyl (C=O) groups excluding carboxylic acids is 2. The third-order valence-electron chi connectivity index (χ3n) is 15.7. The summed E-state index contributed by atoms with van der Waals surface area (Å²) in [5.41, 5.74) is 0. The SMILES string of the molecule is CC\C=C/C=C/C=C/C=C\C=C\C=C\CCCCCC(=O)OC1C(OCC(NC(=O)C(O)CCCCCCCCCCCCCCCCCCCCCCCCCC)C(O)/C=C/CCCCCCCCCCCC)OC(CO)C(O)C1O. The molecule has 8 unspecified atom stereocenters. The Labute approximate surface area is 502 Å². The fourth-order valence-corrected chi connectivity index (χ4v) is 10.4. The topological polar surface area (TPSA) is 175 Å². The smallest absolute Gasteiger partial charge is 0.306 e. The molecule has 8 atom stereocenters. The molecule has 1 aliphatic rings. The van der Waals surface area contributed by atoms with Gasteiger partial charge >= 0.3 is 5.97 Å². The molecule has 474 valence electrons. The van der Waals surface area contributed by atoms with Crippen LogP contribution in [0.15, 0.2) is 85.1 Å². The van der Waals surface area contributed by atoms with Crippen LogP contribution in [0.2, 0.25) is 0 Å². The zero-order chi connectivity index (χ0) is 59.6. The first-order valence-corrected chi connectivity index (χ1v) is 33.9. The summed E-state index contributed by atoms with van der Waals surface area (Å²) < 4.78 is 17.6. The molecule has 0 spiro atoms. The number of aliphatic hydroxyl groups is 5. The van der Waals surface area contributed by atoms with Gasteiger partial charge in [0.15, 0.2) is 12.4 Å². The van der Waals surface area contributed by atoms with Crippen molar-refractivity contribution in [2.75, 3.05) is 13.2 Å². The number of hydrogen-bond donors (Lipinski definition) is 6. The Kier molecular flexibility index (Phi) is 54.6. The van der Waals surface area contributed by atoms with Gasteiger partial charge < -0.3 is 45.1 Å². The molecule has 0 aromatic rings. The van der Waals surface area contributed by atoms with Crippen molar-refractivity contribution in [3.63, 3.8) is 0 Å². The van der Waals surface area contributed by atoms with E-state index in [0.29, 0.717) is 12.8 Å². The summed E-state index contributed by atoms with van der Waals surface area (Å²) in [7, 11) is 0. The lowest BCUT2D eigenvalue weighted by atomic mass is 9.99. The van der Waals surface area contributed by atoms with E-state index >= 15 is 0 Å². The third-order valence-corrected chi connectivity index (χ3v) is 15.7. The molecule has 6 N–H and O–H groups in total. The summed E-state index contributed by atoms with van der Waals surface area (Å²) in [6.07, 6.45) is 66.3. The Morgan fingerprint density at radius 3 is 1.32 bits per heavy atom. The summed E-state index contributed by atoms with van der Waals surface area (Å²) in [5, 5.41) is 57.1. The molecule has 1 saturated heterocycles. The van der Waals surface area contributed by atoms with Crippen molar-refractivity contribution in [2.45, 2.75) is 339 Å². The van der Waals surface area contributed by atoms with Gasteiger partial charge in [0.2, 0.25) is 5.91 Å². The first kappa shape index (κ1) is 76.9. The predicted octanol–water partition coefficient (Wildman–Crippen LogP) is 16.9. The highest BCUT2D eigenvalue weighted by molar-refractivity contribution is 5.80. The Morgan fingerprint density at radius 2 is 0.878 bits per heavy atom. The molecule has 0 radical (unpaired) electrons. The van der Waals surface area contributed by atoms with Gasteiger partial charge in [-0.05, 0) is 44.9 Å². The van der Waals surface area contributed by atoms with Gasteiger partial charge in [-0.2, -0.15) is 0 Å². The van der Waals surface area contributed by atoms with E-state index in [1.165, 1.54) is 180 Å². The molecule has 1 heterocycles. The number of ether oxygens (including phenoxy) is 3. The molecule has 0 bridgehead atoms. The van der Waals surface area contributed by atoms with Crippen LogP contribution in [0.25, 0.3) is 0 Å². The van der Waals surface area contributed by atoms with Crippen molar-refractivity contribution in [2.24, 2.45) is 0 Å².